The Balaban J connectivity index is 1.97. The van der Waals surface area contributed by atoms with Crippen LogP contribution in [0, 0.1) is 0 Å². The van der Waals surface area contributed by atoms with Crippen LogP contribution >= 0.6 is 0 Å². The van der Waals surface area contributed by atoms with Crippen molar-refractivity contribution in [3.05, 3.63) is 70.3 Å². The zero-order chi connectivity index (χ0) is 22.4. The fraction of sp³-hybridized carbons (Fsp3) is 0.400. The monoisotopic (exact) mass is 421 g/mol. The number of para-hydroxylation sites is 1. The molecule has 0 aliphatic heterocycles. The van der Waals surface area contributed by atoms with Gasteiger partial charge in [0.15, 0.2) is 0 Å². The lowest BCUT2D eigenvalue weighted by atomic mass is 10.1. The zero-order valence-electron chi connectivity index (χ0n) is 18.8. The summed E-state index contributed by atoms with van der Waals surface area (Å²) < 4.78 is 6.94. The fourth-order valence-corrected chi connectivity index (χ4v) is 3.88. The van der Waals surface area contributed by atoms with Gasteiger partial charge in [0, 0.05) is 13.1 Å². The average Bonchev–Trinajstić information content (AvgIpc) is 2.79. The molecule has 1 amide bonds. The summed E-state index contributed by atoms with van der Waals surface area (Å²) in [4.78, 5) is 33.1. The maximum absolute atomic E-state index is 13.3. The first-order valence-corrected chi connectivity index (χ1v) is 10.9. The van der Waals surface area contributed by atoms with E-state index in [1.807, 2.05) is 74.2 Å². The molecule has 0 saturated heterocycles. The molecule has 0 radical (unpaired) electrons. The van der Waals surface area contributed by atoms with Gasteiger partial charge >= 0.3 is 0 Å². The molecular formula is C25H31N3O3. The van der Waals surface area contributed by atoms with Crippen molar-refractivity contribution in [2.75, 3.05) is 13.7 Å². The van der Waals surface area contributed by atoms with Crippen LogP contribution in [0.5, 0.6) is 5.75 Å². The van der Waals surface area contributed by atoms with Crippen molar-refractivity contribution >= 4 is 16.8 Å². The molecule has 1 unspecified atom stereocenters. The Morgan fingerprint density at radius 2 is 1.81 bits per heavy atom. The van der Waals surface area contributed by atoms with E-state index in [1.54, 1.807) is 11.7 Å². The van der Waals surface area contributed by atoms with Gasteiger partial charge in [0.1, 0.15) is 11.6 Å². The van der Waals surface area contributed by atoms with Gasteiger partial charge in [0.25, 0.3) is 5.56 Å². The van der Waals surface area contributed by atoms with E-state index in [0.29, 0.717) is 36.2 Å². The molecule has 6 nitrogen and oxygen atoms in total. The van der Waals surface area contributed by atoms with Crippen molar-refractivity contribution in [1.82, 2.24) is 14.5 Å². The standard InChI is InChI=1S/C25H31N3O3/c1-5-15-27(23(29)17-19-11-13-20(31-4)14-12-19)18(3)24-26-22-10-8-7-9-21(22)25(30)28(24)16-6-2/h7-14,18H,5-6,15-17H2,1-4H3. The normalized spacial score (nSPS) is 12.0. The first-order chi connectivity index (χ1) is 15.0. The third-order valence-electron chi connectivity index (χ3n) is 5.48. The third kappa shape index (κ3) is 4.95. The Hall–Kier alpha value is -3.15. The Morgan fingerprint density at radius 1 is 1.10 bits per heavy atom. The molecule has 31 heavy (non-hydrogen) atoms. The SMILES string of the molecule is CCCN(C(=O)Cc1ccc(OC)cc1)C(C)c1nc2ccccc2c(=O)n1CCC. The van der Waals surface area contributed by atoms with Gasteiger partial charge in [0.2, 0.25) is 5.91 Å². The van der Waals surface area contributed by atoms with Gasteiger partial charge in [-0.15, -0.1) is 0 Å². The van der Waals surface area contributed by atoms with Crippen LogP contribution in [0.4, 0.5) is 0 Å². The van der Waals surface area contributed by atoms with Crippen molar-refractivity contribution in [3.63, 3.8) is 0 Å². The predicted octanol–water partition coefficient (Wildman–Crippen LogP) is 4.36. The number of ether oxygens (including phenoxy) is 1. The molecular weight excluding hydrogens is 390 g/mol. The molecule has 3 rings (SSSR count). The minimum absolute atomic E-state index is 0.0185. The minimum atomic E-state index is -0.311. The maximum atomic E-state index is 13.3. The summed E-state index contributed by atoms with van der Waals surface area (Å²) in [5.74, 6) is 1.42. The van der Waals surface area contributed by atoms with Gasteiger partial charge in [-0.3, -0.25) is 14.2 Å². The molecule has 164 valence electrons. The molecule has 1 aromatic heterocycles. The number of carbonyl (C=O) groups excluding carboxylic acids is 1. The molecule has 1 heterocycles. The highest BCUT2D eigenvalue weighted by Gasteiger charge is 2.25. The van der Waals surface area contributed by atoms with Gasteiger partial charge in [-0.1, -0.05) is 38.1 Å². The van der Waals surface area contributed by atoms with Crippen LogP contribution in [0.3, 0.4) is 0 Å². The first kappa shape index (κ1) is 22.5. The van der Waals surface area contributed by atoms with Crippen LogP contribution in [-0.2, 0) is 17.8 Å². The van der Waals surface area contributed by atoms with Gasteiger partial charge in [-0.05, 0) is 49.6 Å². The Kier molecular flexibility index (Phi) is 7.45. The summed E-state index contributed by atoms with van der Waals surface area (Å²) in [5, 5.41) is 0.610. The minimum Gasteiger partial charge on any atom is -0.497 e. The van der Waals surface area contributed by atoms with Crippen LogP contribution in [0.1, 0.15) is 51.0 Å². The van der Waals surface area contributed by atoms with Gasteiger partial charge < -0.3 is 9.64 Å². The highest BCUT2D eigenvalue weighted by molar-refractivity contribution is 5.80. The summed E-state index contributed by atoms with van der Waals surface area (Å²) in [6, 6.07) is 14.6. The quantitative estimate of drug-likeness (QED) is 0.515. The van der Waals surface area contributed by atoms with E-state index < -0.39 is 0 Å². The highest BCUT2D eigenvalue weighted by atomic mass is 16.5. The molecule has 6 heteroatoms. The maximum Gasteiger partial charge on any atom is 0.261 e. The molecule has 1 atom stereocenters. The second-order valence-corrected chi connectivity index (χ2v) is 7.73. The van der Waals surface area contributed by atoms with Crippen LogP contribution in [0.25, 0.3) is 10.9 Å². The van der Waals surface area contributed by atoms with Gasteiger partial charge in [0.05, 0.1) is 30.5 Å². The number of aromatic nitrogens is 2. The Bertz CT molecular complexity index is 1090. The predicted molar refractivity (Wildman–Crippen MR) is 123 cm³/mol. The smallest absolute Gasteiger partial charge is 0.261 e. The summed E-state index contributed by atoms with van der Waals surface area (Å²) >= 11 is 0. The van der Waals surface area contributed by atoms with Crippen LogP contribution in [-0.4, -0.2) is 34.0 Å². The number of amides is 1. The Labute approximate surface area is 183 Å². The number of fused-ring (bicyclic) bond motifs is 1. The second-order valence-electron chi connectivity index (χ2n) is 7.73. The molecule has 0 bridgehead atoms. The van der Waals surface area contributed by atoms with Crippen molar-refractivity contribution < 1.29 is 9.53 Å². The third-order valence-corrected chi connectivity index (χ3v) is 5.48. The summed E-state index contributed by atoms with van der Waals surface area (Å²) in [6.45, 7) is 7.22. The van der Waals surface area contributed by atoms with Crippen LogP contribution in [0.2, 0.25) is 0 Å². The summed E-state index contributed by atoms with van der Waals surface area (Å²) in [5.41, 5.74) is 1.55. The molecule has 2 aromatic carbocycles. The van der Waals surface area contributed by atoms with E-state index in [2.05, 4.69) is 0 Å². The number of benzene rings is 2. The summed E-state index contributed by atoms with van der Waals surface area (Å²) in [7, 11) is 1.62. The van der Waals surface area contributed by atoms with Crippen molar-refractivity contribution in [1.29, 1.82) is 0 Å². The molecule has 0 aliphatic rings. The average molecular weight is 422 g/mol. The van der Waals surface area contributed by atoms with E-state index in [1.165, 1.54) is 0 Å². The molecule has 0 spiro atoms. The molecule has 0 N–H and O–H groups in total. The number of nitrogens with zero attached hydrogens (tertiary/aromatic N) is 3. The number of hydrogen-bond acceptors (Lipinski definition) is 4. The fourth-order valence-electron chi connectivity index (χ4n) is 3.88. The second kappa shape index (κ2) is 10.2. The van der Waals surface area contributed by atoms with E-state index in [9.17, 15) is 9.59 Å². The zero-order valence-corrected chi connectivity index (χ0v) is 18.8. The van der Waals surface area contributed by atoms with Crippen molar-refractivity contribution in [3.8, 4) is 5.75 Å². The lowest BCUT2D eigenvalue weighted by Crippen LogP contribution is -2.39. The van der Waals surface area contributed by atoms with E-state index in [-0.39, 0.29) is 17.5 Å². The largest absolute Gasteiger partial charge is 0.497 e. The molecule has 0 aliphatic carbocycles. The van der Waals surface area contributed by atoms with Crippen LogP contribution < -0.4 is 10.3 Å². The first-order valence-electron chi connectivity index (χ1n) is 10.9. The summed E-state index contributed by atoms with van der Waals surface area (Å²) in [6.07, 6.45) is 1.93. The number of methoxy groups -OCH3 is 1. The Morgan fingerprint density at radius 3 is 2.45 bits per heavy atom. The van der Waals surface area contributed by atoms with Crippen molar-refractivity contribution in [2.45, 2.75) is 52.6 Å². The molecule has 0 saturated carbocycles. The number of hydrogen-bond donors (Lipinski definition) is 0. The lowest BCUT2D eigenvalue weighted by molar-refractivity contribution is -0.132. The molecule has 0 fully saturated rings. The highest BCUT2D eigenvalue weighted by Crippen LogP contribution is 2.22. The van der Waals surface area contributed by atoms with E-state index in [0.717, 1.165) is 24.2 Å². The van der Waals surface area contributed by atoms with E-state index in [4.69, 9.17) is 9.72 Å². The number of rotatable bonds is 9. The van der Waals surface area contributed by atoms with Gasteiger partial charge in [-0.2, -0.15) is 0 Å². The lowest BCUT2D eigenvalue weighted by Gasteiger charge is -2.30. The van der Waals surface area contributed by atoms with Crippen molar-refractivity contribution in [2.24, 2.45) is 0 Å². The number of carbonyl (C=O) groups is 1. The van der Waals surface area contributed by atoms with Gasteiger partial charge in [-0.25, -0.2) is 4.98 Å². The molecule has 3 aromatic rings. The van der Waals surface area contributed by atoms with E-state index >= 15 is 0 Å². The topological polar surface area (TPSA) is 64.4 Å². The van der Waals surface area contributed by atoms with Crippen LogP contribution in [0.15, 0.2) is 53.3 Å².